The van der Waals surface area contributed by atoms with E-state index in [-0.39, 0.29) is 10.8 Å². The molecule has 0 radical (unpaired) electrons. The predicted octanol–water partition coefficient (Wildman–Crippen LogP) is 3.42. The van der Waals surface area contributed by atoms with Crippen LogP contribution < -0.4 is 9.62 Å². The molecule has 144 valence electrons. The SMILES string of the molecule is Cc1cc(S(=O)(=O)NC(C)(C)Cc2ccccc2)ccc1N1CCCC1=O. The van der Waals surface area contributed by atoms with Gasteiger partial charge in [0.1, 0.15) is 0 Å². The Kier molecular flexibility index (Phi) is 5.40. The van der Waals surface area contributed by atoms with Gasteiger partial charge >= 0.3 is 0 Å². The standard InChI is InChI=1S/C21H26N2O3S/c1-16-14-18(11-12-19(16)23-13-7-10-20(23)24)27(25,26)22-21(2,3)15-17-8-5-4-6-9-17/h4-6,8-9,11-12,14,22H,7,10,13,15H2,1-3H3. The van der Waals surface area contributed by atoms with Crippen molar-refractivity contribution in [3.63, 3.8) is 0 Å². The molecule has 6 heteroatoms. The van der Waals surface area contributed by atoms with Crippen molar-refractivity contribution in [3.05, 3.63) is 59.7 Å². The van der Waals surface area contributed by atoms with E-state index in [1.807, 2.05) is 51.1 Å². The van der Waals surface area contributed by atoms with E-state index in [1.54, 1.807) is 23.1 Å². The highest BCUT2D eigenvalue weighted by molar-refractivity contribution is 7.89. The molecule has 3 rings (SSSR count). The molecule has 27 heavy (non-hydrogen) atoms. The van der Waals surface area contributed by atoms with Gasteiger partial charge in [0.2, 0.25) is 15.9 Å². The van der Waals surface area contributed by atoms with E-state index in [1.165, 1.54) is 0 Å². The van der Waals surface area contributed by atoms with E-state index < -0.39 is 15.6 Å². The molecule has 0 unspecified atom stereocenters. The number of benzene rings is 2. The number of amides is 1. The third-order valence-electron chi connectivity index (χ3n) is 4.74. The van der Waals surface area contributed by atoms with Crippen molar-refractivity contribution < 1.29 is 13.2 Å². The first-order valence-electron chi connectivity index (χ1n) is 9.17. The van der Waals surface area contributed by atoms with E-state index in [4.69, 9.17) is 0 Å². The zero-order valence-corrected chi connectivity index (χ0v) is 16.8. The minimum absolute atomic E-state index is 0.0934. The number of sulfonamides is 1. The maximum Gasteiger partial charge on any atom is 0.241 e. The quantitative estimate of drug-likeness (QED) is 0.827. The van der Waals surface area contributed by atoms with Gasteiger partial charge in [-0.3, -0.25) is 4.79 Å². The van der Waals surface area contributed by atoms with Crippen LogP contribution in [0.1, 0.15) is 37.8 Å². The Morgan fingerprint density at radius 1 is 1.11 bits per heavy atom. The topological polar surface area (TPSA) is 66.5 Å². The number of rotatable bonds is 6. The second-order valence-corrected chi connectivity index (χ2v) is 9.43. The van der Waals surface area contributed by atoms with Crippen molar-refractivity contribution in [2.24, 2.45) is 0 Å². The average Bonchev–Trinajstić information content (AvgIpc) is 3.00. The lowest BCUT2D eigenvalue weighted by molar-refractivity contribution is -0.117. The van der Waals surface area contributed by atoms with Gasteiger partial charge in [-0.05, 0) is 62.9 Å². The number of hydrogen-bond donors (Lipinski definition) is 1. The van der Waals surface area contributed by atoms with E-state index in [9.17, 15) is 13.2 Å². The maximum atomic E-state index is 12.9. The number of aryl methyl sites for hydroxylation is 1. The van der Waals surface area contributed by atoms with Gasteiger partial charge in [0.05, 0.1) is 4.90 Å². The maximum absolute atomic E-state index is 12.9. The molecule has 1 heterocycles. The predicted molar refractivity (Wildman–Crippen MR) is 107 cm³/mol. The number of nitrogens with zero attached hydrogens (tertiary/aromatic N) is 1. The Morgan fingerprint density at radius 3 is 2.41 bits per heavy atom. The van der Waals surface area contributed by atoms with Crippen LogP contribution in [0.15, 0.2) is 53.4 Å². The summed E-state index contributed by atoms with van der Waals surface area (Å²) < 4.78 is 28.6. The van der Waals surface area contributed by atoms with Crippen LogP contribution in [0.5, 0.6) is 0 Å². The summed E-state index contributed by atoms with van der Waals surface area (Å²) in [4.78, 5) is 13.9. The molecular formula is C21H26N2O3S. The Bertz CT molecular complexity index is 937. The molecule has 1 aliphatic heterocycles. The van der Waals surface area contributed by atoms with Gasteiger partial charge in [0, 0.05) is 24.2 Å². The summed E-state index contributed by atoms with van der Waals surface area (Å²) in [5.41, 5.74) is 2.02. The van der Waals surface area contributed by atoms with Crippen LogP contribution in [0.2, 0.25) is 0 Å². The van der Waals surface area contributed by atoms with Crippen LogP contribution in [-0.4, -0.2) is 26.4 Å². The number of nitrogens with one attached hydrogen (secondary N) is 1. The van der Waals surface area contributed by atoms with Crippen LogP contribution in [-0.2, 0) is 21.2 Å². The lowest BCUT2D eigenvalue weighted by Gasteiger charge is -2.26. The van der Waals surface area contributed by atoms with Gasteiger partial charge in [0.15, 0.2) is 0 Å². The first kappa shape index (κ1) is 19.6. The Balaban J connectivity index is 1.80. The highest BCUT2D eigenvalue weighted by Gasteiger charge is 2.28. The van der Waals surface area contributed by atoms with Crippen LogP contribution in [0, 0.1) is 6.92 Å². The van der Waals surface area contributed by atoms with Gasteiger partial charge in [-0.2, -0.15) is 0 Å². The fourth-order valence-electron chi connectivity index (χ4n) is 3.57. The molecule has 0 saturated carbocycles. The average molecular weight is 387 g/mol. The molecule has 1 saturated heterocycles. The van der Waals surface area contributed by atoms with Crippen molar-refractivity contribution in [1.82, 2.24) is 4.72 Å². The molecule has 1 aliphatic rings. The minimum atomic E-state index is -3.67. The normalized spacial score (nSPS) is 15.4. The van der Waals surface area contributed by atoms with E-state index in [2.05, 4.69) is 4.72 Å². The number of anilines is 1. The Hall–Kier alpha value is -2.18. The third kappa shape index (κ3) is 4.57. The van der Waals surface area contributed by atoms with Crippen LogP contribution in [0.25, 0.3) is 0 Å². The molecule has 1 fully saturated rings. The molecule has 2 aromatic rings. The first-order chi connectivity index (χ1) is 12.7. The smallest absolute Gasteiger partial charge is 0.241 e. The molecule has 1 N–H and O–H groups in total. The highest BCUT2D eigenvalue weighted by atomic mass is 32.2. The van der Waals surface area contributed by atoms with Crippen molar-refractivity contribution in [3.8, 4) is 0 Å². The van der Waals surface area contributed by atoms with E-state index in [0.717, 1.165) is 23.2 Å². The number of carbonyl (C=O) groups is 1. The summed E-state index contributed by atoms with van der Waals surface area (Å²) in [7, 11) is -3.67. The van der Waals surface area contributed by atoms with Gasteiger partial charge in [-0.25, -0.2) is 13.1 Å². The molecule has 0 aromatic heterocycles. The molecular weight excluding hydrogens is 360 g/mol. The summed E-state index contributed by atoms with van der Waals surface area (Å²) in [5.74, 6) is 0.0934. The van der Waals surface area contributed by atoms with Crippen LogP contribution in [0.4, 0.5) is 5.69 Å². The Morgan fingerprint density at radius 2 is 1.81 bits per heavy atom. The van der Waals surface area contributed by atoms with Gasteiger partial charge < -0.3 is 4.90 Å². The summed E-state index contributed by atoms with van der Waals surface area (Å²) in [5, 5.41) is 0. The first-order valence-corrected chi connectivity index (χ1v) is 10.7. The molecule has 5 nitrogen and oxygen atoms in total. The number of carbonyl (C=O) groups excluding carboxylic acids is 1. The number of hydrogen-bond acceptors (Lipinski definition) is 3. The lowest BCUT2D eigenvalue weighted by atomic mass is 9.96. The van der Waals surface area contributed by atoms with Crippen molar-refractivity contribution in [2.75, 3.05) is 11.4 Å². The van der Waals surface area contributed by atoms with E-state index >= 15 is 0 Å². The van der Waals surface area contributed by atoms with Crippen molar-refractivity contribution in [1.29, 1.82) is 0 Å². The van der Waals surface area contributed by atoms with Gasteiger partial charge in [-0.15, -0.1) is 0 Å². The summed E-state index contributed by atoms with van der Waals surface area (Å²) >= 11 is 0. The summed E-state index contributed by atoms with van der Waals surface area (Å²) in [6.45, 7) is 6.28. The highest BCUT2D eigenvalue weighted by Crippen LogP contribution is 2.28. The zero-order chi connectivity index (χ0) is 19.7. The fourth-order valence-corrected chi connectivity index (χ4v) is 5.06. The summed E-state index contributed by atoms with van der Waals surface area (Å²) in [6.07, 6.45) is 1.98. The Labute approximate surface area is 161 Å². The molecule has 0 atom stereocenters. The second kappa shape index (κ2) is 7.44. The second-order valence-electron chi connectivity index (χ2n) is 7.75. The molecule has 0 spiro atoms. The van der Waals surface area contributed by atoms with Crippen LogP contribution in [0.3, 0.4) is 0 Å². The third-order valence-corrected chi connectivity index (χ3v) is 6.44. The zero-order valence-electron chi connectivity index (χ0n) is 16.0. The van der Waals surface area contributed by atoms with E-state index in [0.29, 0.717) is 19.4 Å². The molecule has 0 bridgehead atoms. The van der Waals surface area contributed by atoms with Crippen molar-refractivity contribution >= 4 is 21.6 Å². The monoisotopic (exact) mass is 386 g/mol. The molecule has 1 amide bonds. The van der Waals surface area contributed by atoms with Crippen molar-refractivity contribution in [2.45, 2.75) is 50.5 Å². The van der Waals surface area contributed by atoms with Crippen LogP contribution >= 0.6 is 0 Å². The fraction of sp³-hybridized carbons (Fsp3) is 0.381. The lowest BCUT2D eigenvalue weighted by Crippen LogP contribution is -2.45. The molecule has 0 aliphatic carbocycles. The molecule has 2 aromatic carbocycles. The minimum Gasteiger partial charge on any atom is -0.312 e. The van der Waals surface area contributed by atoms with Gasteiger partial charge in [-0.1, -0.05) is 30.3 Å². The van der Waals surface area contributed by atoms with Gasteiger partial charge in [0.25, 0.3) is 0 Å². The summed E-state index contributed by atoms with van der Waals surface area (Å²) in [6, 6.07) is 14.8. The largest absolute Gasteiger partial charge is 0.312 e.